The van der Waals surface area contributed by atoms with Crippen molar-refractivity contribution in [2.75, 3.05) is 13.1 Å². The van der Waals surface area contributed by atoms with Gasteiger partial charge in [0.2, 0.25) is 0 Å². The Labute approximate surface area is 130 Å². The van der Waals surface area contributed by atoms with Gasteiger partial charge < -0.3 is 9.88 Å². The van der Waals surface area contributed by atoms with Crippen LogP contribution in [0, 0.1) is 5.92 Å². The second kappa shape index (κ2) is 6.60. The molecular weight excluding hydrogens is 276 g/mol. The van der Waals surface area contributed by atoms with E-state index in [-0.39, 0.29) is 5.91 Å². The second-order valence-electron chi connectivity index (χ2n) is 5.87. The zero-order valence-corrected chi connectivity index (χ0v) is 12.5. The van der Waals surface area contributed by atoms with Crippen molar-refractivity contribution >= 4 is 12.2 Å². The van der Waals surface area contributed by atoms with E-state index in [1.807, 2.05) is 11.0 Å². The van der Waals surface area contributed by atoms with Gasteiger partial charge >= 0.3 is 0 Å². The molecule has 4 nitrogen and oxygen atoms in total. The van der Waals surface area contributed by atoms with Crippen LogP contribution in [0.1, 0.15) is 39.4 Å². The molecule has 0 aliphatic carbocycles. The number of hydrogen-bond donors (Lipinski definition) is 1. The van der Waals surface area contributed by atoms with Gasteiger partial charge in [-0.25, -0.2) is 0 Å². The Morgan fingerprint density at radius 3 is 2.50 bits per heavy atom. The Hall–Kier alpha value is -2.36. The summed E-state index contributed by atoms with van der Waals surface area (Å²) < 4.78 is 0. The number of aromatic amines is 1. The molecule has 114 valence electrons. The average molecular weight is 296 g/mol. The molecule has 2 aromatic rings. The van der Waals surface area contributed by atoms with Crippen molar-refractivity contribution in [1.82, 2.24) is 9.88 Å². The minimum absolute atomic E-state index is 0.00809. The highest BCUT2D eigenvalue weighted by Crippen LogP contribution is 2.22. The second-order valence-corrected chi connectivity index (χ2v) is 5.87. The molecule has 0 unspecified atom stereocenters. The molecule has 4 heteroatoms. The number of nitrogens with zero attached hydrogens (tertiary/aromatic N) is 1. The Balaban J connectivity index is 1.55. The molecule has 0 bridgehead atoms. The minimum atomic E-state index is -0.00809. The summed E-state index contributed by atoms with van der Waals surface area (Å²) in [6.45, 7) is 1.57. The number of nitrogens with one attached hydrogen (secondary N) is 1. The third-order valence-corrected chi connectivity index (χ3v) is 4.33. The molecule has 1 fully saturated rings. The van der Waals surface area contributed by atoms with E-state index >= 15 is 0 Å². The number of aldehydes is 1. The predicted octanol–water partition coefficient (Wildman–Crippen LogP) is 2.92. The Kier molecular flexibility index (Phi) is 4.37. The first kappa shape index (κ1) is 14.6. The van der Waals surface area contributed by atoms with Gasteiger partial charge in [-0.2, -0.15) is 0 Å². The molecule has 0 spiro atoms. The molecule has 1 N–H and O–H groups in total. The third-order valence-electron chi connectivity index (χ3n) is 4.33. The molecule has 3 rings (SSSR count). The van der Waals surface area contributed by atoms with Gasteiger partial charge in [0.15, 0.2) is 6.29 Å². The Morgan fingerprint density at radius 1 is 1.14 bits per heavy atom. The highest BCUT2D eigenvalue weighted by atomic mass is 16.2. The van der Waals surface area contributed by atoms with Gasteiger partial charge in [-0.3, -0.25) is 9.59 Å². The number of likely N-dealkylation sites (tertiary alicyclic amines) is 1. The van der Waals surface area contributed by atoms with E-state index in [2.05, 4.69) is 29.2 Å². The molecule has 1 aromatic carbocycles. The Bertz CT molecular complexity index is 640. The molecule has 22 heavy (non-hydrogen) atoms. The smallest absolute Gasteiger partial charge is 0.270 e. The van der Waals surface area contributed by atoms with E-state index in [1.54, 1.807) is 12.1 Å². The maximum atomic E-state index is 12.4. The average Bonchev–Trinajstić information content (AvgIpc) is 3.05. The highest BCUT2D eigenvalue weighted by Gasteiger charge is 2.24. The van der Waals surface area contributed by atoms with Crippen LogP contribution < -0.4 is 0 Å². The lowest BCUT2D eigenvalue weighted by atomic mass is 9.90. The lowest BCUT2D eigenvalue weighted by molar-refractivity contribution is 0.0685. The first-order valence-electron chi connectivity index (χ1n) is 7.73. The quantitative estimate of drug-likeness (QED) is 0.882. The van der Waals surface area contributed by atoms with E-state index in [4.69, 9.17) is 0 Å². The number of amides is 1. The van der Waals surface area contributed by atoms with E-state index < -0.39 is 0 Å². The topological polar surface area (TPSA) is 53.2 Å². The lowest BCUT2D eigenvalue weighted by Crippen LogP contribution is -2.39. The molecular formula is C18H20N2O2. The third kappa shape index (κ3) is 3.27. The molecule has 0 atom stereocenters. The van der Waals surface area contributed by atoms with Crippen LogP contribution in [0.5, 0.6) is 0 Å². The molecule has 1 aliphatic rings. The molecule has 2 heterocycles. The van der Waals surface area contributed by atoms with Gasteiger partial charge in [-0.1, -0.05) is 30.3 Å². The SMILES string of the molecule is O=Cc1ccc(C(=O)N2CCC(Cc3ccccc3)CC2)[nH]1. The molecule has 0 saturated carbocycles. The largest absolute Gasteiger partial charge is 0.348 e. The molecule has 1 aromatic heterocycles. The number of hydrogen-bond acceptors (Lipinski definition) is 2. The fraction of sp³-hybridized carbons (Fsp3) is 0.333. The number of benzene rings is 1. The molecule has 0 radical (unpaired) electrons. The van der Waals surface area contributed by atoms with Crippen molar-refractivity contribution in [3.8, 4) is 0 Å². The van der Waals surface area contributed by atoms with E-state index in [1.165, 1.54) is 5.56 Å². The summed E-state index contributed by atoms with van der Waals surface area (Å²) in [4.78, 5) is 27.8. The van der Waals surface area contributed by atoms with Crippen LogP contribution in [-0.4, -0.2) is 35.2 Å². The van der Waals surface area contributed by atoms with Gasteiger partial charge in [0.25, 0.3) is 5.91 Å². The van der Waals surface area contributed by atoms with E-state index in [9.17, 15) is 9.59 Å². The maximum Gasteiger partial charge on any atom is 0.270 e. The van der Waals surface area contributed by atoms with Crippen LogP contribution in [0.3, 0.4) is 0 Å². The van der Waals surface area contributed by atoms with Crippen LogP contribution >= 0.6 is 0 Å². The summed E-state index contributed by atoms with van der Waals surface area (Å²) in [6.07, 6.45) is 3.87. The summed E-state index contributed by atoms with van der Waals surface area (Å²) >= 11 is 0. The summed E-state index contributed by atoms with van der Waals surface area (Å²) in [5.74, 6) is 0.631. The summed E-state index contributed by atoms with van der Waals surface area (Å²) in [7, 11) is 0. The summed E-state index contributed by atoms with van der Waals surface area (Å²) in [5.41, 5.74) is 2.32. The van der Waals surface area contributed by atoms with Crippen LogP contribution in [0.4, 0.5) is 0 Å². The summed E-state index contributed by atoms with van der Waals surface area (Å²) in [6, 6.07) is 13.8. The van der Waals surface area contributed by atoms with Gasteiger partial charge in [-0.15, -0.1) is 0 Å². The lowest BCUT2D eigenvalue weighted by Gasteiger charge is -2.31. The van der Waals surface area contributed by atoms with Gasteiger partial charge in [0, 0.05) is 13.1 Å². The van der Waals surface area contributed by atoms with Crippen molar-refractivity contribution in [2.24, 2.45) is 5.92 Å². The fourth-order valence-corrected chi connectivity index (χ4v) is 3.06. The number of H-pyrrole nitrogens is 1. The van der Waals surface area contributed by atoms with Gasteiger partial charge in [-0.05, 0) is 42.9 Å². The van der Waals surface area contributed by atoms with E-state index in [0.29, 0.717) is 17.3 Å². The first-order valence-corrected chi connectivity index (χ1v) is 7.73. The number of carbonyl (C=O) groups excluding carboxylic acids is 2. The molecule has 1 amide bonds. The van der Waals surface area contributed by atoms with Crippen molar-refractivity contribution in [1.29, 1.82) is 0 Å². The van der Waals surface area contributed by atoms with Gasteiger partial charge in [0.1, 0.15) is 5.69 Å². The van der Waals surface area contributed by atoms with Gasteiger partial charge in [0.05, 0.1) is 5.69 Å². The number of aromatic nitrogens is 1. The molecule has 1 aliphatic heterocycles. The fourth-order valence-electron chi connectivity index (χ4n) is 3.06. The number of piperidine rings is 1. The van der Waals surface area contributed by atoms with E-state index in [0.717, 1.165) is 38.6 Å². The number of carbonyl (C=O) groups is 2. The van der Waals surface area contributed by atoms with Crippen LogP contribution in [0.2, 0.25) is 0 Å². The normalized spacial score (nSPS) is 15.7. The standard InChI is InChI=1S/C18H20N2O2/c21-13-16-6-7-17(19-16)18(22)20-10-8-15(9-11-20)12-14-4-2-1-3-5-14/h1-7,13,15,19H,8-12H2. The Morgan fingerprint density at radius 2 is 1.86 bits per heavy atom. The zero-order chi connectivity index (χ0) is 15.4. The van der Waals surface area contributed by atoms with Crippen molar-refractivity contribution in [3.05, 3.63) is 59.4 Å². The zero-order valence-electron chi connectivity index (χ0n) is 12.5. The minimum Gasteiger partial charge on any atom is -0.348 e. The van der Waals surface area contributed by atoms with Crippen LogP contribution in [-0.2, 0) is 6.42 Å². The highest BCUT2D eigenvalue weighted by molar-refractivity contribution is 5.93. The predicted molar refractivity (Wildman–Crippen MR) is 85.0 cm³/mol. The van der Waals surface area contributed by atoms with Crippen molar-refractivity contribution in [3.63, 3.8) is 0 Å². The van der Waals surface area contributed by atoms with Crippen LogP contribution in [0.15, 0.2) is 42.5 Å². The van der Waals surface area contributed by atoms with Crippen LogP contribution in [0.25, 0.3) is 0 Å². The summed E-state index contributed by atoms with van der Waals surface area (Å²) in [5, 5.41) is 0. The first-order chi connectivity index (χ1) is 10.8. The number of rotatable bonds is 4. The molecule has 1 saturated heterocycles. The maximum absolute atomic E-state index is 12.4. The monoisotopic (exact) mass is 296 g/mol. The van der Waals surface area contributed by atoms with Crippen molar-refractivity contribution in [2.45, 2.75) is 19.3 Å². The van der Waals surface area contributed by atoms with Crippen molar-refractivity contribution < 1.29 is 9.59 Å².